The van der Waals surface area contributed by atoms with Gasteiger partial charge >= 0.3 is 0 Å². The van der Waals surface area contributed by atoms with Gasteiger partial charge in [0.05, 0.1) is 5.56 Å². The molecule has 0 aliphatic carbocycles. The van der Waals surface area contributed by atoms with Gasteiger partial charge in [0.15, 0.2) is 0 Å². The summed E-state index contributed by atoms with van der Waals surface area (Å²) >= 11 is 0. The number of amidine groups is 1. The van der Waals surface area contributed by atoms with Gasteiger partial charge in [-0.2, -0.15) is 0 Å². The molecule has 0 aliphatic heterocycles. The van der Waals surface area contributed by atoms with Crippen molar-refractivity contribution < 1.29 is 4.42 Å². The Bertz CT molecular complexity index is 328. The monoisotopic (exact) mass is 195 g/mol. The van der Waals surface area contributed by atoms with Gasteiger partial charge in [-0.05, 0) is 26.3 Å². The molecule has 0 saturated carbocycles. The summed E-state index contributed by atoms with van der Waals surface area (Å²) in [6.07, 6.45) is 1.00. The second-order valence-corrected chi connectivity index (χ2v) is 3.20. The Morgan fingerprint density at radius 2 is 2.29 bits per heavy atom. The molecule has 14 heavy (non-hydrogen) atoms. The van der Waals surface area contributed by atoms with Crippen molar-refractivity contribution in [3.8, 4) is 0 Å². The normalized spacial score (nSPS) is 11.9. The molecule has 1 aromatic rings. The smallest absolute Gasteiger partial charge is 0.146 e. The SMILES string of the molecule is CCCN=C(NN)c1cc(C)oc1C. The highest BCUT2D eigenvalue weighted by Crippen LogP contribution is 2.13. The van der Waals surface area contributed by atoms with Gasteiger partial charge in [-0.1, -0.05) is 6.92 Å². The molecule has 0 spiro atoms. The van der Waals surface area contributed by atoms with E-state index in [9.17, 15) is 0 Å². The molecule has 1 aromatic heterocycles. The summed E-state index contributed by atoms with van der Waals surface area (Å²) in [4.78, 5) is 4.33. The van der Waals surface area contributed by atoms with Crippen LogP contribution in [0.1, 0.15) is 30.4 Å². The first-order chi connectivity index (χ1) is 6.69. The molecule has 1 heterocycles. The van der Waals surface area contributed by atoms with E-state index in [2.05, 4.69) is 17.3 Å². The maximum absolute atomic E-state index is 5.40. The van der Waals surface area contributed by atoms with Gasteiger partial charge in [-0.3, -0.25) is 4.99 Å². The summed E-state index contributed by atoms with van der Waals surface area (Å²) in [6.45, 7) is 6.65. The number of aliphatic imine (C=N–C) groups is 1. The molecule has 4 heteroatoms. The van der Waals surface area contributed by atoms with Crippen molar-refractivity contribution in [2.45, 2.75) is 27.2 Å². The largest absolute Gasteiger partial charge is 0.466 e. The minimum absolute atomic E-state index is 0.696. The number of hydrazine groups is 1. The summed E-state index contributed by atoms with van der Waals surface area (Å²) in [7, 11) is 0. The highest BCUT2D eigenvalue weighted by atomic mass is 16.3. The van der Waals surface area contributed by atoms with Crippen LogP contribution in [-0.2, 0) is 0 Å². The van der Waals surface area contributed by atoms with Gasteiger partial charge < -0.3 is 9.84 Å². The van der Waals surface area contributed by atoms with Gasteiger partial charge in [0, 0.05) is 6.54 Å². The molecule has 0 radical (unpaired) electrons. The zero-order chi connectivity index (χ0) is 10.6. The van der Waals surface area contributed by atoms with Crippen LogP contribution in [0.15, 0.2) is 15.5 Å². The molecule has 78 valence electrons. The molecule has 1 rings (SSSR count). The zero-order valence-corrected chi connectivity index (χ0v) is 8.92. The lowest BCUT2D eigenvalue weighted by atomic mass is 10.2. The van der Waals surface area contributed by atoms with Gasteiger partial charge in [0.25, 0.3) is 0 Å². The standard InChI is InChI=1S/C10H17N3O/c1-4-5-12-10(13-11)9-6-7(2)14-8(9)3/h6H,4-5,11H2,1-3H3,(H,12,13). The van der Waals surface area contributed by atoms with Gasteiger partial charge in [0.2, 0.25) is 0 Å². The summed E-state index contributed by atoms with van der Waals surface area (Å²) in [5.41, 5.74) is 3.54. The highest BCUT2D eigenvalue weighted by Gasteiger charge is 2.09. The molecular formula is C10H17N3O. The lowest BCUT2D eigenvalue weighted by Gasteiger charge is -2.03. The average Bonchev–Trinajstić information content (AvgIpc) is 2.47. The molecular weight excluding hydrogens is 178 g/mol. The number of hydrogen-bond acceptors (Lipinski definition) is 3. The maximum atomic E-state index is 5.40. The van der Waals surface area contributed by atoms with E-state index in [0.717, 1.165) is 30.0 Å². The first kappa shape index (κ1) is 10.8. The lowest BCUT2D eigenvalue weighted by Crippen LogP contribution is -2.31. The summed E-state index contributed by atoms with van der Waals surface area (Å²) < 4.78 is 5.40. The number of nitrogens with zero attached hydrogens (tertiary/aromatic N) is 1. The van der Waals surface area contributed by atoms with Crippen LogP contribution < -0.4 is 11.3 Å². The predicted octanol–water partition coefficient (Wildman–Crippen LogP) is 1.52. The molecule has 0 bridgehead atoms. The Morgan fingerprint density at radius 1 is 1.57 bits per heavy atom. The predicted molar refractivity (Wildman–Crippen MR) is 57.2 cm³/mol. The Balaban J connectivity index is 2.94. The molecule has 0 fully saturated rings. The Morgan fingerprint density at radius 3 is 2.71 bits per heavy atom. The first-order valence-corrected chi connectivity index (χ1v) is 4.77. The number of aryl methyl sites for hydroxylation is 2. The molecule has 4 nitrogen and oxygen atoms in total. The molecule has 3 N–H and O–H groups in total. The molecule has 0 unspecified atom stereocenters. The zero-order valence-electron chi connectivity index (χ0n) is 8.92. The number of nitrogens with one attached hydrogen (secondary N) is 1. The topological polar surface area (TPSA) is 63.5 Å². The number of hydrogen-bond donors (Lipinski definition) is 2. The van der Waals surface area contributed by atoms with Crippen molar-refractivity contribution in [1.29, 1.82) is 0 Å². The Kier molecular flexibility index (Phi) is 3.71. The molecule has 0 saturated heterocycles. The quantitative estimate of drug-likeness (QED) is 0.332. The Hall–Kier alpha value is -1.29. The second-order valence-electron chi connectivity index (χ2n) is 3.20. The fourth-order valence-corrected chi connectivity index (χ4v) is 1.30. The summed E-state index contributed by atoms with van der Waals surface area (Å²) in [5, 5.41) is 0. The van der Waals surface area contributed by atoms with Crippen molar-refractivity contribution >= 4 is 5.84 Å². The van der Waals surface area contributed by atoms with Gasteiger partial charge in [-0.15, -0.1) is 0 Å². The molecule has 0 amide bonds. The first-order valence-electron chi connectivity index (χ1n) is 4.77. The van der Waals surface area contributed by atoms with E-state index in [1.165, 1.54) is 0 Å². The fourth-order valence-electron chi connectivity index (χ4n) is 1.30. The van der Waals surface area contributed by atoms with Crippen LogP contribution in [0.5, 0.6) is 0 Å². The van der Waals surface area contributed by atoms with Crippen molar-refractivity contribution in [2.75, 3.05) is 6.54 Å². The third-order valence-corrected chi connectivity index (χ3v) is 1.93. The molecule has 0 aromatic carbocycles. The van der Waals surface area contributed by atoms with Crippen LogP contribution in [-0.4, -0.2) is 12.4 Å². The minimum Gasteiger partial charge on any atom is -0.466 e. The number of furan rings is 1. The van der Waals surface area contributed by atoms with E-state index in [0.29, 0.717) is 5.84 Å². The highest BCUT2D eigenvalue weighted by molar-refractivity contribution is 5.99. The van der Waals surface area contributed by atoms with Crippen LogP contribution in [0, 0.1) is 13.8 Å². The van der Waals surface area contributed by atoms with Crippen molar-refractivity contribution in [1.82, 2.24) is 5.43 Å². The van der Waals surface area contributed by atoms with Crippen LogP contribution >= 0.6 is 0 Å². The second kappa shape index (κ2) is 4.81. The number of rotatable bonds is 3. The van der Waals surface area contributed by atoms with Crippen molar-refractivity contribution in [3.05, 3.63) is 23.2 Å². The third kappa shape index (κ3) is 2.35. The van der Waals surface area contributed by atoms with Crippen molar-refractivity contribution in [2.24, 2.45) is 10.8 Å². The van der Waals surface area contributed by atoms with E-state index >= 15 is 0 Å². The Labute approximate surface area is 84.2 Å². The average molecular weight is 195 g/mol. The van der Waals surface area contributed by atoms with E-state index in [-0.39, 0.29) is 0 Å². The van der Waals surface area contributed by atoms with Crippen LogP contribution in [0.25, 0.3) is 0 Å². The van der Waals surface area contributed by atoms with Gasteiger partial charge in [-0.25, -0.2) is 5.84 Å². The summed E-state index contributed by atoms with van der Waals surface area (Å²) in [6, 6.07) is 1.93. The third-order valence-electron chi connectivity index (χ3n) is 1.93. The maximum Gasteiger partial charge on any atom is 0.146 e. The van der Waals surface area contributed by atoms with Gasteiger partial charge in [0.1, 0.15) is 17.4 Å². The van der Waals surface area contributed by atoms with Crippen LogP contribution in [0.2, 0.25) is 0 Å². The van der Waals surface area contributed by atoms with E-state index in [1.807, 2.05) is 19.9 Å². The van der Waals surface area contributed by atoms with Crippen molar-refractivity contribution in [3.63, 3.8) is 0 Å². The van der Waals surface area contributed by atoms with E-state index in [4.69, 9.17) is 10.3 Å². The van der Waals surface area contributed by atoms with Crippen LogP contribution in [0.3, 0.4) is 0 Å². The minimum atomic E-state index is 0.696. The van der Waals surface area contributed by atoms with E-state index < -0.39 is 0 Å². The summed E-state index contributed by atoms with van der Waals surface area (Å²) in [5.74, 6) is 7.81. The van der Waals surface area contributed by atoms with Crippen LogP contribution in [0.4, 0.5) is 0 Å². The lowest BCUT2D eigenvalue weighted by molar-refractivity contribution is 0.504. The molecule has 0 atom stereocenters. The fraction of sp³-hybridized carbons (Fsp3) is 0.500. The van der Waals surface area contributed by atoms with E-state index in [1.54, 1.807) is 0 Å². The number of nitrogens with two attached hydrogens (primary N) is 1. The molecule has 0 aliphatic rings.